The highest BCUT2D eigenvalue weighted by molar-refractivity contribution is 5.91. The summed E-state index contributed by atoms with van der Waals surface area (Å²) < 4.78 is 7.53. The SMILES string of the molecule is Cc1cc(C)cc(NC(=O)Cn2c(=O)n(Cc3ccco3)c(=O)c3cccnc32)c1. The molecule has 152 valence electrons. The van der Waals surface area contributed by atoms with Gasteiger partial charge in [-0.15, -0.1) is 0 Å². The standard InChI is InChI=1S/C22H20N4O4/c1-14-9-15(2)11-16(10-14)24-19(27)13-25-20-18(6-3-7-23-20)21(28)26(22(25)29)12-17-5-4-8-30-17/h3-11H,12-13H2,1-2H3,(H,24,27). The van der Waals surface area contributed by atoms with E-state index in [2.05, 4.69) is 10.3 Å². The topological polar surface area (TPSA) is 99.1 Å². The molecule has 0 aliphatic rings. The van der Waals surface area contributed by atoms with Crippen molar-refractivity contribution < 1.29 is 9.21 Å². The third-order valence-corrected chi connectivity index (χ3v) is 4.68. The van der Waals surface area contributed by atoms with Crippen LogP contribution in [0.2, 0.25) is 0 Å². The molecule has 4 aromatic rings. The zero-order chi connectivity index (χ0) is 21.3. The van der Waals surface area contributed by atoms with Crippen LogP contribution in [-0.4, -0.2) is 20.0 Å². The van der Waals surface area contributed by atoms with Crippen molar-refractivity contribution in [2.24, 2.45) is 0 Å². The van der Waals surface area contributed by atoms with Crippen molar-refractivity contribution in [1.29, 1.82) is 0 Å². The number of carbonyl (C=O) groups is 1. The lowest BCUT2D eigenvalue weighted by Gasteiger charge is -2.13. The molecule has 0 spiro atoms. The maximum atomic E-state index is 13.1. The highest BCUT2D eigenvalue weighted by Crippen LogP contribution is 2.14. The van der Waals surface area contributed by atoms with Gasteiger partial charge in [0, 0.05) is 11.9 Å². The number of anilines is 1. The number of fused-ring (bicyclic) bond motifs is 1. The average molecular weight is 404 g/mol. The smallest absolute Gasteiger partial charge is 0.333 e. The molecular weight excluding hydrogens is 384 g/mol. The Hall–Kier alpha value is -3.94. The highest BCUT2D eigenvalue weighted by atomic mass is 16.3. The number of pyridine rings is 1. The molecule has 0 radical (unpaired) electrons. The molecule has 30 heavy (non-hydrogen) atoms. The molecule has 0 saturated heterocycles. The number of hydrogen-bond acceptors (Lipinski definition) is 5. The number of furan rings is 1. The molecule has 3 aromatic heterocycles. The molecule has 3 heterocycles. The van der Waals surface area contributed by atoms with Crippen LogP contribution in [0.5, 0.6) is 0 Å². The van der Waals surface area contributed by atoms with Crippen LogP contribution in [0.15, 0.2) is 68.9 Å². The Morgan fingerprint density at radius 2 is 1.83 bits per heavy atom. The van der Waals surface area contributed by atoms with Crippen LogP contribution in [0.25, 0.3) is 11.0 Å². The fourth-order valence-corrected chi connectivity index (χ4v) is 3.48. The first-order valence-corrected chi connectivity index (χ1v) is 9.41. The summed E-state index contributed by atoms with van der Waals surface area (Å²) in [6.45, 7) is 3.57. The third kappa shape index (κ3) is 3.80. The third-order valence-electron chi connectivity index (χ3n) is 4.68. The number of nitrogens with one attached hydrogen (secondary N) is 1. The highest BCUT2D eigenvalue weighted by Gasteiger charge is 2.17. The van der Waals surface area contributed by atoms with E-state index < -0.39 is 17.2 Å². The fourth-order valence-electron chi connectivity index (χ4n) is 3.48. The number of benzene rings is 1. The molecule has 4 rings (SSSR count). The first-order chi connectivity index (χ1) is 14.4. The Balaban J connectivity index is 1.75. The van der Waals surface area contributed by atoms with Gasteiger partial charge in [0.15, 0.2) is 0 Å². The first kappa shape index (κ1) is 19.4. The van der Waals surface area contributed by atoms with Crippen LogP contribution in [0.1, 0.15) is 16.9 Å². The summed E-state index contributed by atoms with van der Waals surface area (Å²) in [5, 5.41) is 3.06. The molecule has 8 heteroatoms. The minimum absolute atomic E-state index is 0.0335. The second-order valence-corrected chi connectivity index (χ2v) is 7.14. The zero-order valence-electron chi connectivity index (χ0n) is 16.6. The Labute approximate surface area is 171 Å². The minimum atomic E-state index is -0.627. The Bertz CT molecular complexity index is 1330. The van der Waals surface area contributed by atoms with Gasteiger partial charge in [0.2, 0.25) is 5.91 Å². The molecule has 0 aliphatic heterocycles. The van der Waals surface area contributed by atoms with E-state index in [0.29, 0.717) is 11.4 Å². The molecule has 8 nitrogen and oxygen atoms in total. The van der Waals surface area contributed by atoms with Gasteiger partial charge in [-0.1, -0.05) is 6.07 Å². The second kappa shape index (κ2) is 7.82. The van der Waals surface area contributed by atoms with E-state index in [9.17, 15) is 14.4 Å². The normalized spacial score (nSPS) is 11.0. The molecule has 0 fully saturated rings. The number of aryl methyl sites for hydroxylation is 2. The number of nitrogens with zero attached hydrogens (tertiary/aromatic N) is 3. The Morgan fingerprint density at radius 1 is 1.07 bits per heavy atom. The monoisotopic (exact) mass is 404 g/mol. The quantitative estimate of drug-likeness (QED) is 0.551. The molecular formula is C22H20N4O4. The lowest BCUT2D eigenvalue weighted by atomic mass is 10.1. The zero-order valence-corrected chi connectivity index (χ0v) is 16.6. The molecule has 0 bridgehead atoms. The molecule has 1 amide bonds. The molecule has 0 saturated carbocycles. The van der Waals surface area contributed by atoms with Crippen LogP contribution in [0.3, 0.4) is 0 Å². The van der Waals surface area contributed by atoms with Crippen LogP contribution >= 0.6 is 0 Å². The number of carbonyl (C=O) groups excluding carboxylic acids is 1. The summed E-state index contributed by atoms with van der Waals surface area (Å²) >= 11 is 0. The van der Waals surface area contributed by atoms with Crippen molar-refractivity contribution in [2.45, 2.75) is 26.9 Å². The minimum Gasteiger partial charge on any atom is -0.467 e. The van der Waals surface area contributed by atoms with E-state index in [1.54, 1.807) is 24.3 Å². The van der Waals surface area contributed by atoms with Crippen molar-refractivity contribution in [3.8, 4) is 0 Å². The van der Waals surface area contributed by atoms with Crippen LogP contribution in [0.4, 0.5) is 5.69 Å². The summed E-state index contributed by atoms with van der Waals surface area (Å²) in [6, 6.07) is 12.3. The molecule has 1 aromatic carbocycles. The molecule has 0 aliphatic carbocycles. The maximum Gasteiger partial charge on any atom is 0.333 e. The van der Waals surface area contributed by atoms with Crippen molar-refractivity contribution in [3.05, 3.63) is 92.6 Å². The van der Waals surface area contributed by atoms with E-state index in [1.165, 1.54) is 17.0 Å². The summed E-state index contributed by atoms with van der Waals surface area (Å²) in [5.41, 5.74) is 1.73. The van der Waals surface area contributed by atoms with Crippen LogP contribution in [0, 0.1) is 13.8 Å². The first-order valence-electron chi connectivity index (χ1n) is 9.41. The Kier molecular flexibility index (Phi) is 5.05. The molecule has 0 atom stereocenters. The largest absolute Gasteiger partial charge is 0.467 e. The summed E-state index contributed by atoms with van der Waals surface area (Å²) in [5.74, 6) is 0.0703. The second-order valence-electron chi connectivity index (χ2n) is 7.14. The van der Waals surface area contributed by atoms with Crippen LogP contribution < -0.4 is 16.6 Å². The van der Waals surface area contributed by atoms with Gasteiger partial charge in [-0.05, 0) is 61.4 Å². The number of aromatic nitrogens is 3. The van der Waals surface area contributed by atoms with Gasteiger partial charge in [-0.2, -0.15) is 0 Å². The number of amides is 1. The van der Waals surface area contributed by atoms with Crippen molar-refractivity contribution in [1.82, 2.24) is 14.1 Å². The van der Waals surface area contributed by atoms with Crippen molar-refractivity contribution in [3.63, 3.8) is 0 Å². The summed E-state index contributed by atoms with van der Waals surface area (Å²) in [6.07, 6.45) is 2.95. The van der Waals surface area contributed by atoms with Gasteiger partial charge in [0.05, 0.1) is 18.2 Å². The van der Waals surface area contributed by atoms with Gasteiger partial charge in [0.1, 0.15) is 18.0 Å². The van der Waals surface area contributed by atoms with E-state index in [1.807, 2.05) is 32.0 Å². The van der Waals surface area contributed by atoms with Crippen molar-refractivity contribution in [2.75, 3.05) is 5.32 Å². The van der Waals surface area contributed by atoms with E-state index in [0.717, 1.165) is 15.7 Å². The number of rotatable bonds is 5. The summed E-state index contributed by atoms with van der Waals surface area (Å²) in [7, 11) is 0. The lowest BCUT2D eigenvalue weighted by Crippen LogP contribution is -2.42. The van der Waals surface area contributed by atoms with Crippen molar-refractivity contribution >= 4 is 22.6 Å². The predicted octanol–water partition coefficient (Wildman–Crippen LogP) is 2.46. The van der Waals surface area contributed by atoms with Gasteiger partial charge in [-0.25, -0.2) is 9.78 Å². The van der Waals surface area contributed by atoms with Gasteiger partial charge in [0.25, 0.3) is 5.56 Å². The van der Waals surface area contributed by atoms with E-state index in [-0.39, 0.29) is 24.1 Å². The average Bonchev–Trinajstić information content (AvgIpc) is 3.21. The maximum absolute atomic E-state index is 13.1. The lowest BCUT2D eigenvalue weighted by molar-refractivity contribution is -0.116. The molecule has 1 N–H and O–H groups in total. The van der Waals surface area contributed by atoms with Gasteiger partial charge >= 0.3 is 5.69 Å². The summed E-state index contributed by atoms with van der Waals surface area (Å²) in [4.78, 5) is 42.8. The van der Waals surface area contributed by atoms with Gasteiger partial charge < -0.3 is 9.73 Å². The van der Waals surface area contributed by atoms with Crippen LogP contribution in [-0.2, 0) is 17.9 Å². The fraction of sp³-hybridized carbons (Fsp3) is 0.182. The van der Waals surface area contributed by atoms with Gasteiger partial charge in [-0.3, -0.25) is 18.7 Å². The Morgan fingerprint density at radius 3 is 2.53 bits per heavy atom. The number of hydrogen-bond donors (Lipinski definition) is 1. The predicted molar refractivity (Wildman–Crippen MR) is 113 cm³/mol. The molecule has 0 unspecified atom stereocenters. The van der Waals surface area contributed by atoms with E-state index >= 15 is 0 Å². The van der Waals surface area contributed by atoms with E-state index in [4.69, 9.17) is 4.42 Å².